The molecule has 1 saturated heterocycles. The van der Waals surface area contributed by atoms with Crippen molar-refractivity contribution in [2.24, 2.45) is 4.99 Å². The first-order valence-corrected chi connectivity index (χ1v) is 10.6. The maximum Gasteiger partial charge on any atom is 0.191 e. The maximum absolute atomic E-state index is 5.50. The van der Waals surface area contributed by atoms with Crippen LogP contribution in [0, 0.1) is 6.92 Å². The lowest BCUT2D eigenvalue weighted by molar-refractivity contribution is 0.312. The van der Waals surface area contributed by atoms with Crippen LogP contribution in [0.25, 0.3) is 0 Å². The number of ether oxygens (including phenoxy) is 1. The van der Waals surface area contributed by atoms with E-state index in [2.05, 4.69) is 76.6 Å². The summed E-state index contributed by atoms with van der Waals surface area (Å²) in [6, 6.07) is 10.5. The number of rotatable bonds is 7. The first-order valence-electron chi connectivity index (χ1n) is 10.6. The van der Waals surface area contributed by atoms with Crippen LogP contribution in [0.4, 0.5) is 5.82 Å². The fraction of sp³-hybridized carbons (Fsp3) is 0.478. The molecule has 0 bridgehead atoms. The van der Waals surface area contributed by atoms with Crippen molar-refractivity contribution < 1.29 is 4.74 Å². The van der Waals surface area contributed by atoms with E-state index in [0.29, 0.717) is 13.1 Å². The van der Waals surface area contributed by atoms with Crippen molar-refractivity contribution in [3.8, 4) is 5.75 Å². The number of benzene rings is 1. The van der Waals surface area contributed by atoms with Crippen LogP contribution in [0.1, 0.15) is 23.6 Å². The second-order valence-electron chi connectivity index (χ2n) is 7.68. The number of likely N-dealkylation sites (N-methyl/N-ethyl adjacent to an activating group) is 1. The molecule has 1 aliphatic rings. The summed E-state index contributed by atoms with van der Waals surface area (Å²) in [6.45, 7) is 10.4. The Morgan fingerprint density at radius 3 is 2.55 bits per heavy atom. The molecule has 2 heterocycles. The number of aryl methyl sites for hydroxylation is 1. The van der Waals surface area contributed by atoms with Gasteiger partial charge in [0.05, 0.1) is 13.7 Å². The number of nitrogens with one attached hydrogen (secondary N) is 2. The molecule has 0 unspecified atom stereocenters. The van der Waals surface area contributed by atoms with Gasteiger partial charge in [-0.1, -0.05) is 18.2 Å². The summed E-state index contributed by atoms with van der Waals surface area (Å²) < 4.78 is 5.50. The highest BCUT2D eigenvalue weighted by atomic mass is 127. The van der Waals surface area contributed by atoms with Crippen molar-refractivity contribution in [1.29, 1.82) is 0 Å². The normalized spacial score (nSPS) is 14.7. The topological polar surface area (TPSA) is 65.0 Å². The third-order valence-corrected chi connectivity index (χ3v) is 5.29. The Hall–Kier alpha value is -2.07. The van der Waals surface area contributed by atoms with Gasteiger partial charge in [-0.2, -0.15) is 0 Å². The number of aromatic nitrogens is 1. The Labute approximate surface area is 203 Å². The second-order valence-corrected chi connectivity index (χ2v) is 7.68. The number of methoxy groups -OCH3 is 1. The Kier molecular flexibility index (Phi) is 10.3. The van der Waals surface area contributed by atoms with Crippen LogP contribution in [-0.2, 0) is 13.1 Å². The zero-order valence-corrected chi connectivity index (χ0v) is 21.3. The summed E-state index contributed by atoms with van der Waals surface area (Å²) in [4.78, 5) is 14.1. The molecule has 8 heteroatoms. The summed E-state index contributed by atoms with van der Waals surface area (Å²) in [5, 5.41) is 6.70. The summed E-state index contributed by atoms with van der Waals surface area (Å²) >= 11 is 0. The van der Waals surface area contributed by atoms with E-state index in [0.717, 1.165) is 61.4 Å². The molecular weight excluding hydrogens is 503 g/mol. The molecule has 2 aromatic rings. The summed E-state index contributed by atoms with van der Waals surface area (Å²) in [6.07, 6.45) is 1.93. The molecule has 2 N–H and O–H groups in total. The molecule has 1 aromatic heterocycles. The monoisotopic (exact) mass is 538 g/mol. The van der Waals surface area contributed by atoms with Crippen LogP contribution in [-0.4, -0.2) is 62.7 Å². The van der Waals surface area contributed by atoms with Crippen molar-refractivity contribution in [1.82, 2.24) is 20.5 Å². The van der Waals surface area contributed by atoms with Crippen LogP contribution in [0.3, 0.4) is 0 Å². The number of anilines is 1. The Morgan fingerprint density at radius 2 is 1.90 bits per heavy atom. The summed E-state index contributed by atoms with van der Waals surface area (Å²) in [5.74, 6) is 2.72. The number of guanidine groups is 1. The first kappa shape index (κ1) is 25.2. The number of hydrogen-bond donors (Lipinski definition) is 2. The lowest BCUT2D eigenvalue weighted by atomic mass is 10.1. The highest BCUT2D eigenvalue weighted by Crippen LogP contribution is 2.19. The molecule has 1 fully saturated rings. The number of pyridine rings is 1. The van der Waals surface area contributed by atoms with Gasteiger partial charge in [0, 0.05) is 51.0 Å². The van der Waals surface area contributed by atoms with Crippen LogP contribution >= 0.6 is 24.0 Å². The predicted molar refractivity (Wildman–Crippen MR) is 139 cm³/mol. The van der Waals surface area contributed by atoms with Crippen molar-refractivity contribution in [3.05, 3.63) is 53.2 Å². The van der Waals surface area contributed by atoms with E-state index in [1.165, 1.54) is 5.56 Å². The molecule has 0 atom stereocenters. The van der Waals surface area contributed by atoms with Gasteiger partial charge in [0.1, 0.15) is 11.6 Å². The standard InChI is InChI=1S/C23H34N6O.HI/c1-5-24-23(27-17-20-8-6-18(2)14-21(20)30-4)26-16-19-7-9-22(25-15-19)29-12-10-28(3)11-13-29;/h6-9,14-15H,5,10-13,16-17H2,1-4H3,(H2,24,26,27);1H. The molecule has 31 heavy (non-hydrogen) atoms. The number of nitrogens with zero attached hydrogens (tertiary/aromatic N) is 4. The van der Waals surface area contributed by atoms with E-state index in [4.69, 9.17) is 9.73 Å². The Balaban J connectivity index is 0.00000341. The van der Waals surface area contributed by atoms with Crippen molar-refractivity contribution >= 4 is 35.8 Å². The zero-order valence-electron chi connectivity index (χ0n) is 19.0. The molecular formula is C23H35IN6O. The molecule has 3 rings (SSSR count). The van der Waals surface area contributed by atoms with Crippen molar-refractivity contribution in [3.63, 3.8) is 0 Å². The minimum atomic E-state index is 0. The lowest BCUT2D eigenvalue weighted by Crippen LogP contribution is -2.44. The average molecular weight is 538 g/mol. The van der Waals surface area contributed by atoms with Crippen LogP contribution in [0.2, 0.25) is 0 Å². The summed E-state index contributed by atoms with van der Waals surface area (Å²) in [5.41, 5.74) is 3.38. The average Bonchev–Trinajstić information content (AvgIpc) is 2.77. The highest BCUT2D eigenvalue weighted by Gasteiger charge is 2.14. The second kappa shape index (κ2) is 12.7. The molecule has 1 aromatic carbocycles. The first-order chi connectivity index (χ1) is 14.6. The number of piperazine rings is 1. The Bertz CT molecular complexity index is 834. The largest absolute Gasteiger partial charge is 0.496 e. The number of hydrogen-bond acceptors (Lipinski definition) is 5. The summed E-state index contributed by atoms with van der Waals surface area (Å²) in [7, 11) is 3.87. The van der Waals surface area contributed by atoms with E-state index in [1.54, 1.807) is 7.11 Å². The molecule has 170 valence electrons. The van der Waals surface area contributed by atoms with Gasteiger partial charge in [0.2, 0.25) is 0 Å². The minimum absolute atomic E-state index is 0. The van der Waals surface area contributed by atoms with Gasteiger partial charge < -0.3 is 25.2 Å². The Morgan fingerprint density at radius 1 is 1.13 bits per heavy atom. The molecule has 0 amide bonds. The van der Waals surface area contributed by atoms with Gasteiger partial charge in [0.25, 0.3) is 0 Å². The van der Waals surface area contributed by atoms with Gasteiger partial charge in [-0.05, 0) is 44.2 Å². The molecule has 7 nitrogen and oxygen atoms in total. The predicted octanol–water partition coefficient (Wildman–Crippen LogP) is 3.02. The van der Waals surface area contributed by atoms with Gasteiger partial charge in [-0.25, -0.2) is 9.98 Å². The maximum atomic E-state index is 5.50. The van der Waals surface area contributed by atoms with Gasteiger partial charge in [0.15, 0.2) is 5.96 Å². The third-order valence-electron chi connectivity index (χ3n) is 5.29. The van der Waals surface area contributed by atoms with E-state index in [9.17, 15) is 0 Å². The number of aliphatic imine (C=N–C) groups is 1. The number of halogens is 1. The molecule has 0 saturated carbocycles. The molecule has 1 aliphatic heterocycles. The van der Waals surface area contributed by atoms with E-state index < -0.39 is 0 Å². The quantitative estimate of drug-likeness (QED) is 0.321. The van der Waals surface area contributed by atoms with E-state index in [1.807, 2.05) is 6.20 Å². The zero-order chi connectivity index (χ0) is 21.3. The van der Waals surface area contributed by atoms with Crippen molar-refractivity contribution in [2.45, 2.75) is 26.9 Å². The lowest BCUT2D eigenvalue weighted by Gasteiger charge is -2.33. The van der Waals surface area contributed by atoms with Gasteiger partial charge in [-0.15, -0.1) is 24.0 Å². The molecule has 0 aliphatic carbocycles. The fourth-order valence-corrected chi connectivity index (χ4v) is 3.42. The minimum Gasteiger partial charge on any atom is -0.496 e. The van der Waals surface area contributed by atoms with Crippen LogP contribution in [0.5, 0.6) is 5.75 Å². The van der Waals surface area contributed by atoms with Gasteiger partial charge in [-0.3, -0.25) is 0 Å². The SMILES string of the molecule is CCNC(=NCc1ccc(N2CCN(C)CC2)nc1)NCc1ccc(C)cc1OC.I. The van der Waals surface area contributed by atoms with E-state index in [-0.39, 0.29) is 24.0 Å². The highest BCUT2D eigenvalue weighted by molar-refractivity contribution is 14.0. The van der Waals surface area contributed by atoms with Crippen molar-refractivity contribution in [2.75, 3.05) is 51.8 Å². The van der Waals surface area contributed by atoms with Crippen LogP contribution in [0.15, 0.2) is 41.5 Å². The smallest absolute Gasteiger partial charge is 0.191 e. The third kappa shape index (κ3) is 7.53. The molecule has 0 spiro atoms. The van der Waals surface area contributed by atoms with Crippen LogP contribution < -0.4 is 20.3 Å². The van der Waals surface area contributed by atoms with Gasteiger partial charge >= 0.3 is 0 Å². The van der Waals surface area contributed by atoms with E-state index >= 15 is 0 Å². The molecule has 0 radical (unpaired) electrons. The fourth-order valence-electron chi connectivity index (χ4n) is 3.42.